The molecule has 1 aliphatic rings. The lowest BCUT2D eigenvalue weighted by Gasteiger charge is -2.33. The minimum atomic E-state index is 0.814. The van der Waals surface area contributed by atoms with Gasteiger partial charge < -0.3 is 5.32 Å². The van der Waals surface area contributed by atoms with Gasteiger partial charge in [-0.05, 0) is 44.1 Å². The molecule has 0 bridgehead atoms. The van der Waals surface area contributed by atoms with Gasteiger partial charge in [0.2, 0.25) is 0 Å². The van der Waals surface area contributed by atoms with E-state index in [4.69, 9.17) is 0 Å². The summed E-state index contributed by atoms with van der Waals surface area (Å²) in [4.78, 5) is 0. The van der Waals surface area contributed by atoms with Gasteiger partial charge in [-0.1, -0.05) is 52.9 Å². The Morgan fingerprint density at radius 3 is 2.29 bits per heavy atom. The van der Waals surface area contributed by atoms with Crippen molar-refractivity contribution in [1.82, 2.24) is 5.32 Å². The predicted molar refractivity (Wildman–Crippen MR) is 77.3 cm³/mol. The van der Waals surface area contributed by atoms with Crippen LogP contribution >= 0.6 is 0 Å². The van der Waals surface area contributed by atoms with E-state index in [2.05, 4.69) is 26.1 Å². The second-order valence-corrected chi connectivity index (χ2v) is 6.08. The van der Waals surface area contributed by atoms with Crippen LogP contribution in [0.15, 0.2) is 0 Å². The fourth-order valence-corrected chi connectivity index (χ4v) is 3.14. The first-order chi connectivity index (χ1) is 8.27. The molecule has 17 heavy (non-hydrogen) atoms. The summed E-state index contributed by atoms with van der Waals surface area (Å²) in [6.07, 6.45) is 12.7. The molecule has 0 aromatic rings. The number of rotatable bonds is 8. The average Bonchev–Trinajstić information content (AvgIpc) is 2.35. The SMILES string of the molecule is CCCCCC(NCCC)C1CCC(C)CC1. The van der Waals surface area contributed by atoms with Gasteiger partial charge in [0.1, 0.15) is 0 Å². The van der Waals surface area contributed by atoms with Crippen molar-refractivity contribution in [2.45, 2.75) is 84.6 Å². The molecule has 0 radical (unpaired) electrons. The van der Waals surface area contributed by atoms with E-state index in [9.17, 15) is 0 Å². The molecular weight excluding hydrogens is 206 g/mol. The Kier molecular flexibility index (Phi) is 7.92. The zero-order valence-electron chi connectivity index (χ0n) is 12.3. The molecule has 0 saturated heterocycles. The molecule has 1 aliphatic carbocycles. The van der Waals surface area contributed by atoms with Gasteiger partial charge in [0.25, 0.3) is 0 Å². The Labute approximate surface area is 109 Å². The van der Waals surface area contributed by atoms with Crippen LogP contribution in [0, 0.1) is 11.8 Å². The van der Waals surface area contributed by atoms with Gasteiger partial charge in [-0.25, -0.2) is 0 Å². The van der Waals surface area contributed by atoms with Gasteiger partial charge in [-0.3, -0.25) is 0 Å². The van der Waals surface area contributed by atoms with E-state index in [-0.39, 0.29) is 0 Å². The van der Waals surface area contributed by atoms with Gasteiger partial charge in [-0.2, -0.15) is 0 Å². The zero-order valence-corrected chi connectivity index (χ0v) is 12.3. The molecule has 0 heterocycles. The minimum Gasteiger partial charge on any atom is -0.314 e. The van der Waals surface area contributed by atoms with Gasteiger partial charge >= 0.3 is 0 Å². The van der Waals surface area contributed by atoms with Crippen molar-refractivity contribution < 1.29 is 0 Å². The Morgan fingerprint density at radius 1 is 1.00 bits per heavy atom. The van der Waals surface area contributed by atoms with Crippen LogP contribution in [0.3, 0.4) is 0 Å². The van der Waals surface area contributed by atoms with Crippen molar-refractivity contribution in [2.24, 2.45) is 11.8 Å². The summed E-state index contributed by atoms with van der Waals surface area (Å²) < 4.78 is 0. The smallest absolute Gasteiger partial charge is 0.00953 e. The number of hydrogen-bond acceptors (Lipinski definition) is 1. The molecule has 0 aromatic carbocycles. The molecule has 1 saturated carbocycles. The largest absolute Gasteiger partial charge is 0.314 e. The molecule has 1 unspecified atom stereocenters. The van der Waals surface area contributed by atoms with E-state index >= 15 is 0 Å². The molecule has 1 atom stereocenters. The molecule has 0 aliphatic heterocycles. The second-order valence-electron chi connectivity index (χ2n) is 6.08. The standard InChI is InChI=1S/C16H33N/c1-4-6-7-8-16(17-13-5-2)15-11-9-14(3)10-12-15/h14-17H,4-13H2,1-3H3. The molecule has 1 rings (SSSR count). The maximum absolute atomic E-state index is 3.81. The first kappa shape index (κ1) is 15.0. The fraction of sp³-hybridized carbons (Fsp3) is 1.00. The summed E-state index contributed by atoms with van der Waals surface area (Å²) in [5.41, 5.74) is 0. The van der Waals surface area contributed by atoms with Gasteiger partial charge in [0.15, 0.2) is 0 Å². The third-order valence-corrected chi connectivity index (χ3v) is 4.40. The van der Waals surface area contributed by atoms with Crippen LogP contribution in [-0.4, -0.2) is 12.6 Å². The zero-order chi connectivity index (χ0) is 12.5. The van der Waals surface area contributed by atoms with E-state index in [0.29, 0.717) is 0 Å². The summed E-state index contributed by atoms with van der Waals surface area (Å²) >= 11 is 0. The topological polar surface area (TPSA) is 12.0 Å². The third kappa shape index (κ3) is 5.90. The lowest BCUT2D eigenvalue weighted by atomic mass is 9.78. The highest BCUT2D eigenvalue weighted by Crippen LogP contribution is 2.32. The van der Waals surface area contributed by atoms with Crippen molar-refractivity contribution in [3.8, 4) is 0 Å². The van der Waals surface area contributed by atoms with Crippen LogP contribution in [0.2, 0.25) is 0 Å². The summed E-state index contributed by atoms with van der Waals surface area (Å²) in [6, 6.07) is 0.814. The van der Waals surface area contributed by atoms with Crippen LogP contribution < -0.4 is 5.32 Å². The highest BCUT2D eigenvalue weighted by molar-refractivity contribution is 4.81. The summed E-state index contributed by atoms with van der Waals surface area (Å²) in [7, 11) is 0. The van der Waals surface area contributed by atoms with Crippen LogP contribution in [0.1, 0.15) is 78.6 Å². The molecule has 102 valence electrons. The van der Waals surface area contributed by atoms with Crippen molar-refractivity contribution in [1.29, 1.82) is 0 Å². The molecule has 0 spiro atoms. The molecular formula is C16H33N. The van der Waals surface area contributed by atoms with Gasteiger partial charge in [0, 0.05) is 6.04 Å². The predicted octanol–water partition coefficient (Wildman–Crippen LogP) is 4.76. The Bertz CT molecular complexity index is 170. The first-order valence-electron chi connectivity index (χ1n) is 8.01. The van der Waals surface area contributed by atoms with Crippen LogP contribution in [-0.2, 0) is 0 Å². The summed E-state index contributed by atoms with van der Waals surface area (Å²) in [5, 5.41) is 3.81. The van der Waals surface area contributed by atoms with E-state index in [1.807, 2.05) is 0 Å². The Hall–Kier alpha value is -0.0400. The molecule has 1 heteroatoms. The van der Waals surface area contributed by atoms with Crippen LogP contribution in [0.25, 0.3) is 0 Å². The number of hydrogen-bond donors (Lipinski definition) is 1. The first-order valence-corrected chi connectivity index (χ1v) is 8.01. The molecule has 1 N–H and O–H groups in total. The highest BCUT2D eigenvalue weighted by Gasteiger charge is 2.25. The quantitative estimate of drug-likeness (QED) is 0.602. The fourth-order valence-electron chi connectivity index (χ4n) is 3.14. The van der Waals surface area contributed by atoms with Crippen molar-refractivity contribution in [3.63, 3.8) is 0 Å². The summed E-state index contributed by atoms with van der Waals surface area (Å²) in [5.74, 6) is 1.95. The molecule has 0 amide bonds. The van der Waals surface area contributed by atoms with Crippen molar-refractivity contribution >= 4 is 0 Å². The number of unbranched alkanes of at least 4 members (excludes halogenated alkanes) is 2. The van der Waals surface area contributed by atoms with Gasteiger partial charge in [0.05, 0.1) is 0 Å². The van der Waals surface area contributed by atoms with Gasteiger partial charge in [-0.15, -0.1) is 0 Å². The van der Waals surface area contributed by atoms with Crippen LogP contribution in [0.4, 0.5) is 0 Å². The van der Waals surface area contributed by atoms with Crippen molar-refractivity contribution in [3.05, 3.63) is 0 Å². The number of nitrogens with one attached hydrogen (secondary N) is 1. The van der Waals surface area contributed by atoms with E-state index in [0.717, 1.165) is 17.9 Å². The lowest BCUT2D eigenvalue weighted by Crippen LogP contribution is -2.38. The Balaban J connectivity index is 2.32. The van der Waals surface area contributed by atoms with E-state index in [1.54, 1.807) is 0 Å². The molecule has 1 nitrogen and oxygen atoms in total. The van der Waals surface area contributed by atoms with E-state index < -0.39 is 0 Å². The molecule has 1 fully saturated rings. The maximum Gasteiger partial charge on any atom is 0.00953 e. The normalized spacial score (nSPS) is 27.0. The maximum atomic E-state index is 3.81. The minimum absolute atomic E-state index is 0.814. The van der Waals surface area contributed by atoms with E-state index in [1.165, 1.54) is 64.3 Å². The third-order valence-electron chi connectivity index (χ3n) is 4.40. The lowest BCUT2D eigenvalue weighted by molar-refractivity contribution is 0.219. The molecule has 0 aromatic heterocycles. The highest BCUT2D eigenvalue weighted by atomic mass is 14.9. The van der Waals surface area contributed by atoms with Crippen molar-refractivity contribution in [2.75, 3.05) is 6.54 Å². The average molecular weight is 239 g/mol. The van der Waals surface area contributed by atoms with Crippen LogP contribution in [0.5, 0.6) is 0 Å². The monoisotopic (exact) mass is 239 g/mol. The summed E-state index contributed by atoms with van der Waals surface area (Å²) in [6.45, 7) is 8.21. The Morgan fingerprint density at radius 2 is 1.71 bits per heavy atom. The second kappa shape index (κ2) is 8.97.